The van der Waals surface area contributed by atoms with Crippen molar-refractivity contribution in [3.63, 3.8) is 0 Å². The van der Waals surface area contributed by atoms with E-state index in [4.69, 9.17) is 0 Å². The number of halogens is 3. The lowest BCUT2D eigenvalue weighted by Gasteiger charge is -2.32. The van der Waals surface area contributed by atoms with E-state index < -0.39 is 17.7 Å². The highest BCUT2D eigenvalue weighted by atomic mass is 19.4. The SMILES string of the molecule is CCOC(=O)[C@](OC)(c1cc(C)cc(C)c1)C(F)(F)F. The summed E-state index contributed by atoms with van der Waals surface area (Å²) in [4.78, 5) is 11.9. The number of carbonyl (C=O) groups excluding carboxylic acids is 1. The van der Waals surface area contributed by atoms with Crippen LogP contribution in [0.15, 0.2) is 18.2 Å². The van der Waals surface area contributed by atoms with Crippen molar-refractivity contribution in [3.05, 3.63) is 34.9 Å². The van der Waals surface area contributed by atoms with Crippen LogP contribution in [-0.4, -0.2) is 25.9 Å². The molecule has 0 bridgehead atoms. The number of esters is 1. The molecule has 0 amide bonds. The van der Waals surface area contributed by atoms with Crippen molar-refractivity contribution in [1.82, 2.24) is 0 Å². The van der Waals surface area contributed by atoms with Crippen molar-refractivity contribution in [2.45, 2.75) is 32.5 Å². The Balaban J connectivity index is 3.55. The third-order valence-electron chi connectivity index (χ3n) is 2.90. The van der Waals surface area contributed by atoms with Gasteiger partial charge in [0.2, 0.25) is 0 Å². The summed E-state index contributed by atoms with van der Waals surface area (Å²) in [6, 6.07) is 4.27. The lowest BCUT2D eigenvalue weighted by Crippen LogP contribution is -2.51. The fourth-order valence-electron chi connectivity index (χ4n) is 2.12. The number of rotatable bonds is 4. The standard InChI is InChI=1S/C14H17F3O3/c1-5-20-12(18)13(19-4,14(15,16)17)11-7-9(2)6-10(3)8-11/h6-8H,5H2,1-4H3/t13-/m1/s1. The van der Waals surface area contributed by atoms with Gasteiger partial charge in [-0.1, -0.05) is 29.3 Å². The van der Waals surface area contributed by atoms with Crippen LogP contribution in [0.25, 0.3) is 0 Å². The number of ether oxygens (including phenoxy) is 2. The van der Waals surface area contributed by atoms with E-state index in [0.717, 1.165) is 7.11 Å². The summed E-state index contributed by atoms with van der Waals surface area (Å²) in [6.45, 7) is 4.58. The molecule has 3 nitrogen and oxygen atoms in total. The van der Waals surface area contributed by atoms with Crippen molar-refractivity contribution < 1.29 is 27.4 Å². The Bertz CT molecular complexity index is 477. The van der Waals surface area contributed by atoms with E-state index in [1.807, 2.05) is 0 Å². The number of alkyl halides is 3. The predicted octanol–water partition coefficient (Wildman–Crippen LogP) is 3.27. The van der Waals surface area contributed by atoms with Crippen molar-refractivity contribution >= 4 is 5.97 Å². The molecule has 0 aliphatic rings. The van der Waals surface area contributed by atoms with Crippen molar-refractivity contribution in [3.8, 4) is 0 Å². The maximum absolute atomic E-state index is 13.5. The maximum Gasteiger partial charge on any atom is 0.432 e. The molecule has 0 saturated heterocycles. The first-order chi connectivity index (χ1) is 9.18. The quantitative estimate of drug-likeness (QED) is 0.798. The Labute approximate surface area is 115 Å². The van der Waals surface area contributed by atoms with E-state index in [2.05, 4.69) is 9.47 Å². The van der Waals surface area contributed by atoms with Crippen LogP contribution in [0.3, 0.4) is 0 Å². The summed E-state index contributed by atoms with van der Waals surface area (Å²) in [5.74, 6) is -1.46. The minimum atomic E-state index is -4.92. The number of hydrogen-bond acceptors (Lipinski definition) is 3. The van der Waals surface area contributed by atoms with E-state index in [0.29, 0.717) is 11.1 Å². The molecule has 1 aromatic carbocycles. The Kier molecular flexibility index (Phi) is 4.81. The second kappa shape index (κ2) is 5.83. The number of methoxy groups -OCH3 is 1. The summed E-state index contributed by atoms with van der Waals surface area (Å²) >= 11 is 0. The molecule has 0 spiro atoms. The van der Waals surface area contributed by atoms with E-state index in [1.54, 1.807) is 19.9 Å². The smallest absolute Gasteiger partial charge is 0.432 e. The number of hydrogen-bond donors (Lipinski definition) is 0. The van der Waals surface area contributed by atoms with Gasteiger partial charge in [-0.2, -0.15) is 13.2 Å². The third-order valence-corrected chi connectivity index (χ3v) is 2.90. The van der Waals surface area contributed by atoms with E-state index in [9.17, 15) is 18.0 Å². The molecule has 20 heavy (non-hydrogen) atoms. The number of carbonyl (C=O) groups is 1. The average Bonchev–Trinajstić information content (AvgIpc) is 2.27. The van der Waals surface area contributed by atoms with Crippen LogP contribution in [0, 0.1) is 13.8 Å². The molecular formula is C14H17F3O3. The molecule has 0 N–H and O–H groups in total. The van der Waals surface area contributed by atoms with E-state index >= 15 is 0 Å². The molecule has 0 aliphatic carbocycles. The summed E-state index contributed by atoms with van der Waals surface area (Å²) in [5, 5.41) is 0. The first kappa shape index (κ1) is 16.5. The first-order valence-electron chi connectivity index (χ1n) is 6.07. The monoisotopic (exact) mass is 290 g/mol. The van der Waals surface area contributed by atoms with Gasteiger partial charge in [-0.05, 0) is 20.8 Å². The van der Waals surface area contributed by atoms with E-state index in [1.165, 1.54) is 19.1 Å². The maximum atomic E-state index is 13.5. The summed E-state index contributed by atoms with van der Waals surface area (Å²) < 4.78 is 49.6. The van der Waals surface area contributed by atoms with Gasteiger partial charge in [0.1, 0.15) is 0 Å². The van der Waals surface area contributed by atoms with Crippen LogP contribution in [0.5, 0.6) is 0 Å². The highest BCUT2D eigenvalue weighted by Gasteiger charge is 2.64. The second-order valence-electron chi connectivity index (χ2n) is 4.48. The molecule has 0 saturated carbocycles. The van der Waals surface area contributed by atoms with Crippen LogP contribution >= 0.6 is 0 Å². The molecule has 1 atom stereocenters. The molecule has 1 rings (SSSR count). The zero-order valence-corrected chi connectivity index (χ0v) is 11.8. The lowest BCUT2D eigenvalue weighted by atomic mass is 9.90. The Morgan fingerprint density at radius 3 is 2.00 bits per heavy atom. The molecule has 0 heterocycles. The summed E-state index contributed by atoms with van der Waals surface area (Å²) in [5.41, 5.74) is -2.16. The minimum Gasteiger partial charge on any atom is -0.463 e. The van der Waals surface area contributed by atoms with Crippen LogP contribution in [0.2, 0.25) is 0 Å². The van der Waals surface area contributed by atoms with Crippen molar-refractivity contribution in [1.29, 1.82) is 0 Å². The van der Waals surface area contributed by atoms with Crippen molar-refractivity contribution in [2.24, 2.45) is 0 Å². The van der Waals surface area contributed by atoms with Gasteiger partial charge in [-0.15, -0.1) is 0 Å². The van der Waals surface area contributed by atoms with Gasteiger partial charge in [-0.25, -0.2) is 4.79 Å². The molecule has 0 aromatic heterocycles. The average molecular weight is 290 g/mol. The van der Waals surface area contributed by atoms with Gasteiger partial charge in [0, 0.05) is 12.7 Å². The fraction of sp³-hybridized carbons (Fsp3) is 0.500. The number of benzene rings is 1. The predicted molar refractivity (Wildman–Crippen MR) is 67.3 cm³/mol. The highest BCUT2D eigenvalue weighted by molar-refractivity contribution is 5.82. The van der Waals surface area contributed by atoms with Crippen LogP contribution in [-0.2, 0) is 19.9 Å². The van der Waals surface area contributed by atoms with Gasteiger partial charge in [0.05, 0.1) is 6.61 Å². The molecular weight excluding hydrogens is 273 g/mol. The first-order valence-corrected chi connectivity index (χ1v) is 6.07. The zero-order chi connectivity index (χ0) is 15.6. The van der Waals surface area contributed by atoms with Crippen molar-refractivity contribution in [2.75, 3.05) is 13.7 Å². The minimum absolute atomic E-state index is 0.162. The Morgan fingerprint density at radius 1 is 1.15 bits per heavy atom. The third kappa shape index (κ3) is 2.80. The number of aryl methyl sites for hydroxylation is 2. The molecule has 1 aromatic rings. The van der Waals surface area contributed by atoms with Gasteiger partial charge in [0.15, 0.2) is 0 Å². The Morgan fingerprint density at radius 2 is 1.65 bits per heavy atom. The Hall–Kier alpha value is -1.56. The highest BCUT2D eigenvalue weighted by Crippen LogP contribution is 2.43. The van der Waals surface area contributed by atoms with Crippen LogP contribution in [0.1, 0.15) is 23.6 Å². The molecule has 0 radical (unpaired) electrons. The van der Waals surface area contributed by atoms with Gasteiger partial charge < -0.3 is 9.47 Å². The fourth-order valence-corrected chi connectivity index (χ4v) is 2.12. The molecule has 112 valence electrons. The zero-order valence-electron chi connectivity index (χ0n) is 11.8. The molecule has 0 unspecified atom stereocenters. The molecule has 6 heteroatoms. The summed E-state index contributed by atoms with van der Waals surface area (Å²) in [6.07, 6.45) is -4.92. The van der Waals surface area contributed by atoms with Crippen LogP contribution < -0.4 is 0 Å². The second-order valence-corrected chi connectivity index (χ2v) is 4.48. The molecule has 0 aliphatic heterocycles. The normalized spacial score (nSPS) is 14.8. The largest absolute Gasteiger partial charge is 0.463 e. The van der Waals surface area contributed by atoms with Gasteiger partial charge in [-0.3, -0.25) is 0 Å². The molecule has 0 fully saturated rings. The summed E-state index contributed by atoms with van der Waals surface area (Å²) in [7, 11) is 0.849. The van der Waals surface area contributed by atoms with Gasteiger partial charge >= 0.3 is 12.1 Å². The topological polar surface area (TPSA) is 35.5 Å². The van der Waals surface area contributed by atoms with Crippen LogP contribution in [0.4, 0.5) is 13.2 Å². The van der Waals surface area contributed by atoms with Gasteiger partial charge in [0.25, 0.3) is 5.60 Å². The van der Waals surface area contributed by atoms with E-state index in [-0.39, 0.29) is 12.2 Å². The lowest BCUT2D eigenvalue weighted by molar-refractivity contribution is -0.276.